The predicted molar refractivity (Wildman–Crippen MR) is 82.4 cm³/mol. The quantitative estimate of drug-likeness (QED) is 0.891. The lowest BCUT2D eigenvalue weighted by atomic mass is 10.0. The highest BCUT2D eigenvalue weighted by Crippen LogP contribution is 2.39. The van der Waals surface area contributed by atoms with Gasteiger partial charge in [0.2, 0.25) is 5.91 Å². The maximum atomic E-state index is 12.5. The predicted octanol–water partition coefficient (Wildman–Crippen LogP) is 1.84. The molecule has 1 aromatic rings. The zero-order valence-electron chi connectivity index (χ0n) is 13.1. The van der Waals surface area contributed by atoms with Crippen LogP contribution < -0.4 is 15.4 Å². The molecule has 0 aromatic heterocycles. The average molecular weight is 292 g/mol. The van der Waals surface area contributed by atoms with Gasteiger partial charge in [-0.15, -0.1) is 0 Å². The fraction of sp³-hybridized carbons (Fsp3) is 0.562. The summed E-state index contributed by atoms with van der Waals surface area (Å²) >= 11 is 0. The van der Waals surface area contributed by atoms with E-state index in [1.807, 2.05) is 27.7 Å². The van der Waals surface area contributed by atoms with Crippen LogP contribution in [0.5, 0.6) is 5.75 Å². The van der Waals surface area contributed by atoms with Crippen LogP contribution in [0.4, 0.5) is 5.69 Å². The molecule has 0 radical (unpaired) electrons. The average Bonchev–Trinajstić information content (AvgIpc) is 2.43. The van der Waals surface area contributed by atoms with E-state index in [2.05, 4.69) is 0 Å². The summed E-state index contributed by atoms with van der Waals surface area (Å²) in [5.41, 5.74) is 6.47. The number of ether oxygens (including phenoxy) is 1. The van der Waals surface area contributed by atoms with E-state index in [0.29, 0.717) is 23.5 Å². The Morgan fingerprint density at radius 1 is 1.48 bits per heavy atom. The zero-order valence-corrected chi connectivity index (χ0v) is 13.1. The van der Waals surface area contributed by atoms with E-state index in [4.69, 9.17) is 10.5 Å². The molecular formula is C16H24N2O3. The first-order valence-corrected chi connectivity index (χ1v) is 7.27. The van der Waals surface area contributed by atoms with E-state index in [-0.39, 0.29) is 18.4 Å². The lowest BCUT2D eigenvalue weighted by Gasteiger charge is -2.40. The van der Waals surface area contributed by atoms with E-state index in [1.165, 1.54) is 0 Å². The molecule has 1 aliphatic rings. The van der Waals surface area contributed by atoms with Crippen molar-refractivity contribution in [3.8, 4) is 5.75 Å². The third-order valence-electron chi connectivity index (χ3n) is 3.57. The Morgan fingerprint density at radius 2 is 2.14 bits per heavy atom. The highest BCUT2D eigenvalue weighted by atomic mass is 16.5. The molecule has 1 unspecified atom stereocenters. The lowest BCUT2D eigenvalue weighted by Crippen LogP contribution is -2.50. The molecular weight excluding hydrogens is 268 g/mol. The monoisotopic (exact) mass is 292 g/mol. The Hall–Kier alpha value is -1.59. The number of benzene rings is 1. The standard InChI is InChI=1S/C16H24N2O3/c1-10(2)15(20)18-9-16(3,4)21-14-6-5-11(7-12(14)18)13(19)8-17/h5-7,10,13,19H,8-9,17H2,1-4H3. The Labute approximate surface area is 125 Å². The van der Waals surface area contributed by atoms with Crippen molar-refractivity contribution in [3.05, 3.63) is 23.8 Å². The van der Waals surface area contributed by atoms with Gasteiger partial charge in [0.15, 0.2) is 0 Å². The van der Waals surface area contributed by atoms with Gasteiger partial charge in [-0.2, -0.15) is 0 Å². The van der Waals surface area contributed by atoms with Crippen LogP contribution in [0.1, 0.15) is 39.4 Å². The molecule has 116 valence electrons. The van der Waals surface area contributed by atoms with Crippen molar-refractivity contribution in [2.24, 2.45) is 11.7 Å². The zero-order chi connectivity index (χ0) is 15.8. The first-order valence-electron chi connectivity index (χ1n) is 7.27. The Balaban J connectivity index is 2.47. The first kappa shape index (κ1) is 15.8. The van der Waals surface area contributed by atoms with Crippen LogP contribution in [0.3, 0.4) is 0 Å². The molecule has 0 aliphatic carbocycles. The Kier molecular flexibility index (Phi) is 4.25. The van der Waals surface area contributed by atoms with Gasteiger partial charge in [0, 0.05) is 12.5 Å². The van der Waals surface area contributed by atoms with Crippen LogP contribution >= 0.6 is 0 Å². The molecule has 3 N–H and O–H groups in total. The number of fused-ring (bicyclic) bond motifs is 1. The molecule has 5 heteroatoms. The smallest absolute Gasteiger partial charge is 0.229 e. The van der Waals surface area contributed by atoms with Gasteiger partial charge in [-0.05, 0) is 31.5 Å². The minimum atomic E-state index is -0.735. The van der Waals surface area contributed by atoms with Gasteiger partial charge >= 0.3 is 0 Å². The van der Waals surface area contributed by atoms with Crippen molar-refractivity contribution in [1.82, 2.24) is 0 Å². The molecule has 21 heavy (non-hydrogen) atoms. The fourth-order valence-electron chi connectivity index (χ4n) is 2.48. The molecule has 1 amide bonds. The van der Waals surface area contributed by atoms with Crippen molar-refractivity contribution in [2.45, 2.75) is 39.4 Å². The third-order valence-corrected chi connectivity index (χ3v) is 3.57. The lowest BCUT2D eigenvalue weighted by molar-refractivity contribution is -0.122. The number of anilines is 1. The third kappa shape index (κ3) is 3.19. The molecule has 1 aliphatic heterocycles. The second-order valence-electron chi connectivity index (χ2n) is 6.42. The van der Waals surface area contributed by atoms with Crippen molar-refractivity contribution in [2.75, 3.05) is 18.0 Å². The molecule has 0 bridgehead atoms. The van der Waals surface area contributed by atoms with Crippen LogP contribution in [-0.2, 0) is 4.79 Å². The number of aliphatic hydroxyl groups excluding tert-OH is 1. The van der Waals surface area contributed by atoms with Gasteiger partial charge in [-0.3, -0.25) is 4.79 Å². The van der Waals surface area contributed by atoms with Gasteiger partial charge in [-0.1, -0.05) is 19.9 Å². The molecule has 0 saturated carbocycles. The van der Waals surface area contributed by atoms with Gasteiger partial charge < -0.3 is 20.5 Å². The molecule has 0 fully saturated rings. The SMILES string of the molecule is CC(C)C(=O)N1CC(C)(C)Oc2ccc(C(O)CN)cc21. The van der Waals surface area contributed by atoms with E-state index in [1.54, 1.807) is 23.1 Å². The largest absolute Gasteiger partial charge is 0.484 e. The Morgan fingerprint density at radius 3 is 2.71 bits per heavy atom. The molecule has 1 heterocycles. The minimum Gasteiger partial charge on any atom is -0.484 e. The first-order chi connectivity index (χ1) is 9.75. The van der Waals surface area contributed by atoms with Crippen molar-refractivity contribution in [1.29, 1.82) is 0 Å². The number of amides is 1. The summed E-state index contributed by atoms with van der Waals surface area (Å²) in [6.45, 7) is 8.30. The van der Waals surface area contributed by atoms with E-state index in [9.17, 15) is 9.90 Å². The highest BCUT2D eigenvalue weighted by Gasteiger charge is 2.35. The van der Waals surface area contributed by atoms with Crippen LogP contribution in [0, 0.1) is 5.92 Å². The molecule has 2 rings (SSSR count). The van der Waals surface area contributed by atoms with Gasteiger partial charge in [0.1, 0.15) is 11.4 Å². The van der Waals surface area contributed by atoms with E-state index >= 15 is 0 Å². The number of carbonyl (C=O) groups excluding carboxylic acids is 1. The number of nitrogens with zero attached hydrogens (tertiary/aromatic N) is 1. The number of carbonyl (C=O) groups is 1. The molecule has 5 nitrogen and oxygen atoms in total. The number of hydrogen-bond donors (Lipinski definition) is 2. The summed E-state index contributed by atoms with van der Waals surface area (Å²) in [6, 6.07) is 5.38. The second-order valence-corrected chi connectivity index (χ2v) is 6.42. The maximum Gasteiger partial charge on any atom is 0.229 e. The summed E-state index contributed by atoms with van der Waals surface area (Å²) in [4.78, 5) is 14.2. The highest BCUT2D eigenvalue weighted by molar-refractivity contribution is 5.96. The summed E-state index contributed by atoms with van der Waals surface area (Å²) in [7, 11) is 0. The molecule has 0 spiro atoms. The number of rotatable bonds is 3. The van der Waals surface area contributed by atoms with Gasteiger partial charge in [0.25, 0.3) is 0 Å². The van der Waals surface area contributed by atoms with Gasteiger partial charge in [-0.25, -0.2) is 0 Å². The second kappa shape index (κ2) is 5.66. The number of hydrogen-bond acceptors (Lipinski definition) is 4. The van der Waals surface area contributed by atoms with Crippen LogP contribution in [-0.4, -0.2) is 29.7 Å². The van der Waals surface area contributed by atoms with Crippen molar-refractivity contribution < 1.29 is 14.6 Å². The molecule has 1 aromatic carbocycles. The maximum absolute atomic E-state index is 12.5. The molecule has 1 atom stereocenters. The normalized spacial score (nSPS) is 18.1. The summed E-state index contributed by atoms with van der Waals surface area (Å²) in [5.74, 6) is 0.607. The summed E-state index contributed by atoms with van der Waals surface area (Å²) in [5, 5.41) is 9.90. The van der Waals surface area contributed by atoms with E-state index < -0.39 is 11.7 Å². The van der Waals surface area contributed by atoms with E-state index in [0.717, 1.165) is 0 Å². The fourth-order valence-corrected chi connectivity index (χ4v) is 2.48. The van der Waals surface area contributed by atoms with Crippen LogP contribution in [0.15, 0.2) is 18.2 Å². The van der Waals surface area contributed by atoms with Crippen molar-refractivity contribution in [3.63, 3.8) is 0 Å². The number of nitrogens with two attached hydrogens (primary N) is 1. The summed E-state index contributed by atoms with van der Waals surface area (Å²) in [6.07, 6.45) is -0.735. The summed E-state index contributed by atoms with van der Waals surface area (Å²) < 4.78 is 5.94. The number of aliphatic hydroxyl groups is 1. The van der Waals surface area contributed by atoms with Crippen molar-refractivity contribution >= 4 is 11.6 Å². The van der Waals surface area contributed by atoms with Gasteiger partial charge in [0.05, 0.1) is 18.3 Å². The topological polar surface area (TPSA) is 75.8 Å². The molecule has 0 saturated heterocycles. The van der Waals surface area contributed by atoms with Crippen LogP contribution in [0.25, 0.3) is 0 Å². The minimum absolute atomic E-state index is 0.0482. The Bertz CT molecular complexity index is 540. The van der Waals surface area contributed by atoms with Crippen LogP contribution in [0.2, 0.25) is 0 Å².